The summed E-state index contributed by atoms with van der Waals surface area (Å²) in [5.74, 6) is 0. The van der Waals surface area contributed by atoms with Crippen LogP contribution in [0.5, 0.6) is 0 Å². The van der Waals surface area contributed by atoms with E-state index in [-0.39, 0.29) is 16.2 Å². The highest BCUT2D eigenvalue weighted by atomic mass is 15.2. The summed E-state index contributed by atoms with van der Waals surface area (Å²) in [4.78, 5) is 8.03. The summed E-state index contributed by atoms with van der Waals surface area (Å²) in [5, 5.41) is 12.7. The highest BCUT2D eigenvalue weighted by Crippen LogP contribution is 2.52. The molecule has 61 heavy (non-hydrogen) atoms. The second-order valence-corrected chi connectivity index (χ2v) is 20.6. The van der Waals surface area contributed by atoms with Crippen molar-refractivity contribution in [2.45, 2.75) is 78.6 Å². The number of aromatic nitrogens is 3. The van der Waals surface area contributed by atoms with Crippen LogP contribution in [0.15, 0.2) is 140 Å². The molecule has 0 unspecified atom stereocenters. The molecule has 0 aliphatic carbocycles. The van der Waals surface area contributed by atoms with E-state index >= 15 is 0 Å². The number of pyridine rings is 1. The maximum absolute atomic E-state index is 5.57. The minimum atomic E-state index is -0.0884. The smallest absolute Gasteiger partial charge is 0.146 e. The van der Waals surface area contributed by atoms with E-state index in [0.717, 1.165) is 28.2 Å². The highest BCUT2D eigenvalue weighted by molar-refractivity contribution is 6.39. The SMILES string of the molecule is CC(C)(C)c1ccc2c(c1)c1cc3ccccc3c3c4c5c6cc(C(C)(C)C)cc7c8cc(C(C)(C)C)cc(N(c9ccccc9)c9ccccc9)c8n(c5cnc4n2c13)c76. The molecule has 0 spiro atoms. The van der Waals surface area contributed by atoms with E-state index < -0.39 is 0 Å². The second kappa shape index (κ2) is 12.0. The predicted molar refractivity (Wildman–Crippen MR) is 262 cm³/mol. The van der Waals surface area contributed by atoms with Gasteiger partial charge in [-0.25, -0.2) is 4.98 Å². The van der Waals surface area contributed by atoms with Crippen LogP contribution in [0.3, 0.4) is 0 Å². The summed E-state index contributed by atoms with van der Waals surface area (Å²) < 4.78 is 5.04. The van der Waals surface area contributed by atoms with Gasteiger partial charge in [0, 0.05) is 54.5 Å². The Kier molecular flexibility index (Phi) is 7.13. The number of nitrogens with zero attached hydrogens (tertiary/aromatic N) is 4. The summed E-state index contributed by atoms with van der Waals surface area (Å²) in [7, 11) is 0. The fourth-order valence-electron chi connectivity index (χ4n) is 10.4. The van der Waals surface area contributed by atoms with Crippen LogP contribution >= 0.6 is 0 Å². The standard InChI is InChI=1S/C57H50N4/c1-55(2,3)34-24-25-45-40(27-34)41-26-33-18-16-17-23-39(33)49-50-48-44-30-35(56(4,5)6)28-42-43-29-36(57(7,8)9)31-46(59(37-19-12-10-13-20-37)38-21-14-11-15-22-38)52(43)60(51(42)44)47(48)32-58-54(50)61(45)53(41)49/h10-32H,1-9H3. The minimum absolute atomic E-state index is 0.0339. The molecule has 12 rings (SSSR count). The normalized spacial score (nSPS) is 13.3. The van der Waals surface area contributed by atoms with E-state index in [1.807, 2.05) is 0 Å². The van der Waals surface area contributed by atoms with E-state index in [9.17, 15) is 0 Å². The van der Waals surface area contributed by atoms with Crippen LogP contribution in [-0.4, -0.2) is 13.8 Å². The van der Waals surface area contributed by atoms with Gasteiger partial charge in [0.05, 0.1) is 39.5 Å². The molecule has 4 nitrogen and oxygen atoms in total. The van der Waals surface area contributed by atoms with Crippen LogP contribution in [0.25, 0.3) is 87.1 Å². The van der Waals surface area contributed by atoms with E-state index in [1.165, 1.54) is 92.6 Å². The van der Waals surface area contributed by atoms with Crippen molar-refractivity contribution in [3.8, 4) is 0 Å². The van der Waals surface area contributed by atoms with Gasteiger partial charge in [0.2, 0.25) is 0 Å². The molecular formula is C57H50N4. The molecule has 0 fully saturated rings. The molecule has 4 heteroatoms. The molecule has 5 aromatic heterocycles. The minimum Gasteiger partial charge on any atom is -0.308 e. The van der Waals surface area contributed by atoms with Gasteiger partial charge in [0.15, 0.2) is 0 Å². The lowest BCUT2D eigenvalue weighted by Crippen LogP contribution is -2.15. The lowest BCUT2D eigenvalue weighted by molar-refractivity contribution is 0.591. The molecule has 0 aliphatic rings. The maximum Gasteiger partial charge on any atom is 0.146 e. The number of fused-ring (bicyclic) bond motifs is 15. The van der Waals surface area contributed by atoms with Crippen LogP contribution in [0.4, 0.5) is 17.1 Å². The average Bonchev–Trinajstić information content (AvgIpc) is 3.96. The van der Waals surface area contributed by atoms with Crippen molar-refractivity contribution in [3.63, 3.8) is 0 Å². The van der Waals surface area contributed by atoms with Gasteiger partial charge >= 0.3 is 0 Å². The number of rotatable bonds is 3. The van der Waals surface area contributed by atoms with Crippen molar-refractivity contribution in [1.82, 2.24) is 13.8 Å². The summed E-state index contributed by atoms with van der Waals surface area (Å²) in [6.07, 6.45) is 2.18. The summed E-state index contributed by atoms with van der Waals surface area (Å²) >= 11 is 0. The van der Waals surface area contributed by atoms with Crippen LogP contribution in [0.2, 0.25) is 0 Å². The molecule has 5 heterocycles. The molecule has 0 saturated carbocycles. The Balaban J connectivity index is 1.34. The number of benzene rings is 7. The van der Waals surface area contributed by atoms with Gasteiger partial charge in [-0.05, 0) is 110 Å². The molecule has 7 aromatic carbocycles. The van der Waals surface area contributed by atoms with Gasteiger partial charge < -0.3 is 9.30 Å². The van der Waals surface area contributed by atoms with Gasteiger partial charge in [-0.15, -0.1) is 0 Å². The Morgan fingerprint density at radius 3 is 1.62 bits per heavy atom. The summed E-state index contributed by atoms with van der Waals surface area (Å²) in [6, 6.07) is 50.1. The zero-order chi connectivity index (χ0) is 41.9. The molecule has 0 amide bonds. The Labute approximate surface area is 356 Å². The molecule has 298 valence electrons. The fourth-order valence-corrected chi connectivity index (χ4v) is 10.4. The van der Waals surface area contributed by atoms with E-state index in [1.54, 1.807) is 0 Å². The summed E-state index contributed by atoms with van der Waals surface area (Å²) in [6.45, 7) is 21.0. The van der Waals surface area contributed by atoms with Crippen molar-refractivity contribution in [1.29, 1.82) is 0 Å². The molecule has 0 saturated heterocycles. The average molecular weight is 791 g/mol. The Bertz CT molecular complexity index is 3690. The number of para-hydroxylation sites is 2. The quantitative estimate of drug-likeness (QED) is 0.178. The summed E-state index contributed by atoms with van der Waals surface area (Å²) in [5.41, 5.74) is 14.3. The van der Waals surface area contributed by atoms with Crippen molar-refractivity contribution >= 4 is 104 Å². The molecular weight excluding hydrogens is 741 g/mol. The zero-order valence-corrected chi connectivity index (χ0v) is 36.6. The van der Waals surface area contributed by atoms with E-state index in [2.05, 4.69) is 216 Å². The first kappa shape index (κ1) is 36.2. The van der Waals surface area contributed by atoms with Crippen molar-refractivity contribution < 1.29 is 0 Å². The Morgan fingerprint density at radius 1 is 0.410 bits per heavy atom. The number of anilines is 3. The second-order valence-electron chi connectivity index (χ2n) is 20.6. The van der Waals surface area contributed by atoms with E-state index in [4.69, 9.17) is 4.98 Å². The van der Waals surface area contributed by atoms with Crippen LogP contribution < -0.4 is 4.90 Å². The highest BCUT2D eigenvalue weighted by Gasteiger charge is 2.31. The molecule has 0 N–H and O–H groups in total. The maximum atomic E-state index is 5.57. The number of hydrogen-bond acceptors (Lipinski definition) is 2. The van der Waals surface area contributed by atoms with Crippen LogP contribution in [0.1, 0.15) is 79.0 Å². The van der Waals surface area contributed by atoms with Gasteiger partial charge in [-0.3, -0.25) is 4.40 Å². The topological polar surface area (TPSA) is 24.9 Å². The Hall–Kier alpha value is -6.65. The first-order valence-electron chi connectivity index (χ1n) is 21.8. The van der Waals surface area contributed by atoms with Gasteiger partial charge in [-0.2, -0.15) is 0 Å². The van der Waals surface area contributed by atoms with Gasteiger partial charge in [0.25, 0.3) is 0 Å². The molecule has 0 aliphatic heterocycles. The van der Waals surface area contributed by atoms with Crippen LogP contribution in [-0.2, 0) is 16.2 Å². The van der Waals surface area contributed by atoms with Crippen molar-refractivity contribution in [2.24, 2.45) is 0 Å². The largest absolute Gasteiger partial charge is 0.308 e. The number of hydrogen-bond donors (Lipinski definition) is 0. The first-order chi connectivity index (χ1) is 29.2. The molecule has 0 atom stereocenters. The van der Waals surface area contributed by atoms with Crippen molar-refractivity contribution in [3.05, 3.63) is 156 Å². The van der Waals surface area contributed by atoms with Gasteiger partial charge in [0.1, 0.15) is 5.65 Å². The predicted octanol–water partition coefficient (Wildman–Crippen LogP) is 15.9. The third-order valence-electron chi connectivity index (χ3n) is 13.6. The fraction of sp³-hybridized carbons (Fsp3) is 0.211. The van der Waals surface area contributed by atoms with E-state index in [0.29, 0.717) is 0 Å². The molecule has 12 aromatic rings. The monoisotopic (exact) mass is 790 g/mol. The first-order valence-corrected chi connectivity index (χ1v) is 21.8. The van der Waals surface area contributed by atoms with Gasteiger partial charge in [-0.1, -0.05) is 129 Å². The van der Waals surface area contributed by atoms with Crippen LogP contribution in [0, 0.1) is 0 Å². The lowest BCUT2D eigenvalue weighted by Gasteiger charge is -2.29. The Morgan fingerprint density at radius 2 is 0.967 bits per heavy atom. The molecule has 0 bridgehead atoms. The zero-order valence-electron chi connectivity index (χ0n) is 36.6. The third-order valence-corrected chi connectivity index (χ3v) is 13.6. The third kappa shape index (κ3) is 4.96. The van der Waals surface area contributed by atoms with Crippen molar-refractivity contribution in [2.75, 3.05) is 4.90 Å². The molecule has 0 radical (unpaired) electrons. The lowest BCUT2D eigenvalue weighted by atomic mass is 9.83.